The van der Waals surface area contributed by atoms with Crippen LogP contribution < -0.4 is 4.74 Å². The molecule has 0 unspecified atom stereocenters. The Balaban J connectivity index is 0.000000373. The van der Waals surface area contributed by atoms with Gasteiger partial charge in [-0.15, -0.1) is 0 Å². The third-order valence-electron chi connectivity index (χ3n) is 4.03. The maximum absolute atomic E-state index is 12.7. The molecule has 0 atom stereocenters. The SMILES string of the molecule is C=CC(=O)OCCCCCC.O=C(O)C=Cc1ccc(OCc2ccc(F)cc2)cc1. The van der Waals surface area contributed by atoms with Crippen LogP contribution >= 0.6 is 0 Å². The second-order valence-corrected chi connectivity index (χ2v) is 6.59. The molecule has 0 aliphatic rings. The Hall–Kier alpha value is -3.41. The largest absolute Gasteiger partial charge is 0.489 e. The van der Waals surface area contributed by atoms with Gasteiger partial charge >= 0.3 is 11.9 Å². The highest BCUT2D eigenvalue weighted by atomic mass is 19.1. The first-order chi connectivity index (χ1) is 14.9. The van der Waals surface area contributed by atoms with Crippen molar-refractivity contribution in [3.05, 3.63) is 84.2 Å². The maximum atomic E-state index is 12.7. The van der Waals surface area contributed by atoms with Gasteiger partial charge in [-0.3, -0.25) is 0 Å². The highest BCUT2D eigenvalue weighted by molar-refractivity contribution is 5.85. The van der Waals surface area contributed by atoms with E-state index in [1.165, 1.54) is 37.1 Å². The number of esters is 1. The molecule has 0 aliphatic carbocycles. The number of unbranched alkanes of at least 4 members (excludes halogenated alkanes) is 3. The zero-order valence-electron chi connectivity index (χ0n) is 17.8. The van der Waals surface area contributed by atoms with Crippen molar-refractivity contribution >= 4 is 18.0 Å². The maximum Gasteiger partial charge on any atom is 0.330 e. The van der Waals surface area contributed by atoms with Crippen LogP contribution in [0.25, 0.3) is 6.08 Å². The molecule has 2 aromatic rings. The monoisotopic (exact) mass is 428 g/mol. The summed E-state index contributed by atoms with van der Waals surface area (Å²) in [6.45, 7) is 6.33. The summed E-state index contributed by atoms with van der Waals surface area (Å²) in [5, 5.41) is 8.52. The predicted octanol–water partition coefficient (Wildman–Crippen LogP) is 5.80. The standard InChI is InChI=1S/C16H13FO3.C9H16O2/c17-14-6-1-13(2-7-14)11-20-15-8-3-12(4-9-15)5-10-16(18)19;1-3-5-6-7-8-11-9(10)4-2/h1-10H,11H2,(H,18,19);4H,2-3,5-8H2,1H3. The van der Waals surface area contributed by atoms with E-state index in [0.29, 0.717) is 19.0 Å². The second kappa shape index (κ2) is 15.4. The fourth-order valence-electron chi connectivity index (χ4n) is 2.35. The molecule has 31 heavy (non-hydrogen) atoms. The van der Waals surface area contributed by atoms with E-state index in [0.717, 1.165) is 30.0 Å². The van der Waals surface area contributed by atoms with Crippen LogP contribution in [0.3, 0.4) is 0 Å². The fourth-order valence-corrected chi connectivity index (χ4v) is 2.35. The lowest BCUT2D eigenvalue weighted by Gasteiger charge is -2.06. The van der Waals surface area contributed by atoms with E-state index in [-0.39, 0.29) is 11.8 Å². The van der Waals surface area contributed by atoms with E-state index >= 15 is 0 Å². The average Bonchev–Trinajstić information content (AvgIpc) is 2.78. The second-order valence-electron chi connectivity index (χ2n) is 6.59. The van der Waals surface area contributed by atoms with Crippen LogP contribution in [0, 0.1) is 5.82 Å². The van der Waals surface area contributed by atoms with Crippen LogP contribution in [0.2, 0.25) is 0 Å². The van der Waals surface area contributed by atoms with Gasteiger partial charge in [-0.1, -0.05) is 57.0 Å². The lowest BCUT2D eigenvalue weighted by atomic mass is 10.2. The molecule has 0 saturated carbocycles. The third kappa shape index (κ3) is 12.7. The summed E-state index contributed by atoms with van der Waals surface area (Å²) in [7, 11) is 0. The molecule has 0 spiro atoms. The van der Waals surface area contributed by atoms with Crippen LogP contribution in [0.4, 0.5) is 4.39 Å². The summed E-state index contributed by atoms with van der Waals surface area (Å²) >= 11 is 0. The molecule has 0 heterocycles. The quantitative estimate of drug-likeness (QED) is 0.278. The van der Waals surface area contributed by atoms with Gasteiger partial charge in [0, 0.05) is 12.2 Å². The van der Waals surface area contributed by atoms with E-state index in [1.807, 2.05) is 0 Å². The lowest BCUT2D eigenvalue weighted by Crippen LogP contribution is -2.01. The zero-order chi connectivity index (χ0) is 22.9. The smallest absolute Gasteiger partial charge is 0.330 e. The van der Waals surface area contributed by atoms with Crippen LogP contribution in [-0.2, 0) is 20.9 Å². The first-order valence-electron chi connectivity index (χ1n) is 10.1. The van der Waals surface area contributed by atoms with E-state index in [4.69, 9.17) is 14.6 Å². The number of carboxylic acid groups (broad SMARTS) is 1. The Morgan fingerprint density at radius 3 is 2.29 bits per heavy atom. The van der Waals surface area contributed by atoms with Gasteiger partial charge < -0.3 is 14.6 Å². The molecule has 0 fully saturated rings. The summed E-state index contributed by atoms with van der Waals surface area (Å²) in [4.78, 5) is 20.9. The van der Waals surface area contributed by atoms with E-state index in [9.17, 15) is 14.0 Å². The van der Waals surface area contributed by atoms with E-state index < -0.39 is 5.97 Å². The molecule has 2 rings (SSSR count). The van der Waals surface area contributed by atoms with E-state index in [2.05, 4.69) is 13.5 Å². The van der Waals surface area contributed by atoms with E-state index in [1.54, 1.807) is 36.4 Å². The molecule has 0 bridgehead atoms. The summed E-state index contributed by atoms with van der Waals surface area (Å²) < 4.78 is 23.1. The van der Waals surface area contributed by atoms with Crippen molar-refractivity contribution in [2.45, 2.75) is 39.2 Å². The van der Waals surface area contributed by atoms with Crippen molar-refractivity contribution in [1.82, 2.24) is 0 Å². The molecule has 0 amide bonds. The molecule has 5 nitrogen and oxygen atoms in total. The van der Waals surface area contributed by atoms with Crippen LogP contribution in [-0.4, -0.2) is 23.7 Å². The Morgan fingerprint density at radius 2 is 1.71 bits per heavy atom. The summed E-state index contributed by atoms with van der Waals surface area (Å²) in [5.41, 5.74) is 1.66. The minimum Gasteiger partial charge on any atom is -0.489 e. The highest BCUT2D eigenvalue weighted by Crippen LogP contribution is 2.15. The molecule has 0 aliphatic heterocycles. The third-order valence-corrected chi connectivity index (χ3v) is 4.03. The summed E-state index contributed by atoms with van der Waals surface area (Å²) in [6.07, 6.45) is 8.30. The van der Waals surface area contributed by atoms with Crippen molar-refractivity contribution in [1.29, 1.82) is 0 Å². The summed E-state index contributed by atoms with van der Waals surface area (Å²) in [6, 6.07) is 13.1. The van der Waals surface area contributed by atoms with Crippen molar-refractivity contribution in [3.8, 4) is 5.75 Å². The number of ether oxygens (including phenoxy) is 2. The van der Waals surface area contributed by atoms with Gasteiger partial charge in [0.05, 0.1) is 6.61 Å². The molecule has 2 aromatic carbocycles. The molecule has 1 N–H and O–H groups in total. The topological polar surface area (TPSA) is 72.8 Å². The van der Waals surface area contributed by atoms with Crippen LogP contribution in [0.5, 0.6) is 5.75 Å². The van der Waals surface area contributed by atoms with Gasteiger partial charge in [-0.25, -0.2) is 14.0 Å². The zero-order valence-corrected chi connectivity index (χ0v) is 17.8. The number of benzene rings is 2. The van der Waals surface area contributed by atoms with Gasteiger partial charge in [-0.05, 0) is 47.9 Å². The van der Waals surface area contributed by atoms with Crippen LogP contribution in [0.15, 0.2) is 67.3 Å². The number of halogens is 1. The van der Waals surface area contributed by atoms with Gasteiger partial charge in [0.15, 0.2) is 0 Å². The number of carbonyl (C=O) groups excluding carboxylic acids is 1. The highest BCUT2D eigenvalue weighted by Gasteiger charge is 1.97. The Labute approximate surface area is 182 Å². The molecular formula is C25H29FO5. The number of aliphatic carboxylic acids is 1. The van der Waals surface area contributed by atoms with Gasteiger partial charge in [-0.2, -0.15) is 0 Å². The minimum absolute atomic E-state index is 0.275. The first kappa shape index (κ1) is 25.6. The fraction of sp³-hybridized carbons (Fsp3) is 0.280. The van der Waals surface area contributed by atoms with Gasteiger partial charge in [0.25, 0.3) is 0 Å². The Kier molecular flexibility index (Phi) is 12.8. The number of hydrogen-bond donors (Lipinski definition) is 1. The van der Waals surface area contributed by atoms with Gasteiger partial charge in [0.2, 0.25) is 0 Å². The molecule has 6 heteroatoms. The molecule has 0 radical (unpaired) electrons. The predicted molar refractivity (Wildman–Crippen MR) is 119 cm³/mol. The Morgan fingerprint density at radius 1 is 1.03 bits per heavy atom. The molecular weight excluding hydrogens is 399 g/mol. The molecule has 0 aromatic heterocycles. The summed E-state index contributed by atoms with van der Waals surface area (Å²) in [5.74, 6) is -0.909. The van der Waals surface area contributed by atoms with Crippen LogP contribution in [0.1, 0.15) is 43.7 Å². The minimum atomic E-state index is -0.985. The average molecular weight is 429 g/mol. The number of hydrogen-bond acceptors (Lipinski definition) is 4. The molecule has 0 saturated heterocycles. The normalized spacial score (nSPS) is 10.1. The van der Waals surface area contributed by atoms with Gasteiger partial charge in [0.1, 0.15) is 18.2 Å². The number of carboxylic acids is 1. The van der Waals surface area contributed by atoms with Crippen molar-refractivity contribution in [3.63, 3.8) is 0 Å². The van der Waals surface area contributed by atoms with Crippen molar-refractivity contribution in [2.75, 3.05) is 6.61 Å². The number of carbonyl (C=O) groups is 2. The van der Waals surface area contributed by atoms with Crippen molar-refractivity contribution in [2.24, 2.45) is 0 Å². The Bertz CT molecular complexity index is 826. The van der Waals surface area contributed by atoms with Crippen molar-refractivity contribution < 1.29 is 28.6 Å². The first-order valence-corrected chi connectivity index (χ1v) is 10.1. The lowest BCUT2D eigenvalue weighted by molar-refractivity contribution is -0.138. The number of rotatable bonds is 11. The molecule has 166 valence electrons.